The van der Waals surface area contributed by atoms with Crippen molar-refractivity contribution >= 4 is 27.9 Å². The van der Waals surface area contributed by atoms with Crippen LogP contribution < -0.4 is 5.32 Å². The molecule has 3 heterocycles. The molecule has 2 N–H and O–H groups in total. The molecule has 0 bridgehead atoms. The highest BCUT2D eigenvalue weighted by molar-refractivity contribution is 5.85. The molecular weight excluding hydrogens is 266 g/mol. The molecule has 1 aromatic carbocycles. The monoisotopic (exact) mass is 279 g/mol. The summed E-state index contributed by atoms with van der Waals surface area (Å²) in [6.07, 6.45) is 3.23. The summed E-state index contributed by atoms with van der Waals surface area (Å²) in [4.78, 5) is 13.0. The van der Waals surface area contributed by atoms with Gasteiger partial charge < -0.3 is 9.88 Å². The molecule has 0 unspecified atom stereocenters. The lowest BCUT2D eigenvalue weighted by atomic mass is 10.3. The number of para-hydroxylation sites is 2. The second-order valence-corrected chi connectivity index (χ2v) is 4.78. The Hall–Kier alpha value is -2.96. The number of aromatic nitrogens is 6. The number of benzene rings is 1. The van der Waals surface area contributed by atoms with Gasteiger partial charge in [-0.25, -0.2) is 15.0 Å². The zero-order valence-electron chi connectivity index (χ0n) is 11.4. The number of fused-ring (bicyclic) bond motifs is 2. The van der Waals surface area contributed by atoms with E-state index in [-0.39, 0.29) is 0 Å². The Kier molecular flexibility index (Phi) is 2.56. The maximum atomic E-state index is 4.63. The van der Waals surface area contributed by atoms with Gasteiger partial charge in [0.2, 0.25) is 0 Å². The molecule has 0 saturated carbocycles. The van der Waals surface area contributed by atoms with Crippen molar-refractivity contribution in [2.45, 2.75) is 6.54 Å². The van der Waals surface area contributed by atoms with Crippen molar-refractivity contribution in [3.63, 3.8) is 0 Å². The number of anilines is 1. The van der Waals surface area contributed by atoms with Crippen LogP contribution in [0.25, 0.3) is 22.1 Å². The Morgan fingerprint density at radius 2 is 2.14 bits per heavy atom. The fourth-order valence-electron chi connectivity index (χ4n) is 2.42. The third kappa shape index (κ3) is 1.90. The second-order valence-electron chi connectivity index (χ2n) is 4.78. The van der Waals surface area contributed by atoms with Gasteiger partial charge in [0.15, 0.2) is 5.65 Å². The molecule has 0 saturated heterocycles. The van der Waals surface area contributed by atoms with Crippen LogP contribution in [0.3, 0.4) is 0 Å². The predicted octanol–water partition coefficient (Wildman–Crippen LogP) is 1.85. The smallest absolute Gasteiger partial charge is 0.160 e. The highest BCUT2D eigenvalue weighted by atomic mass is 15.2. The molecule has 0 atom stereocenters. The first-order valence-electron chi connectivity index (χ1n) is 6.61. The van der Waals surface area contributed by atoms with E-state index in [4.69, 9.17) is 0 Å². The maximum absolute atomic E-state index is 4.63. The Bertz CT molecular complexity index is 921. The largest absolute Gasteiger partial charge is 0.362 e. The molecule has 0 radical (unpaired) electrons. The molecule has 0 aliphatic rings. The number of nitrogens with one attached hydrogen (secondary N) is 2. The van der Waals surface area contributed by atoms with E-state index in [0.717, 1.165) is 33.7 Å². The van der Waals surface area contributed by atoms with E-state index in [9.17, 15) is 0 Å². The van der Waals surface area contributed by atoms with Crippen molar-refractivity contribution in [1.29, 1.82) is 0 Å². The summed E-state index contributed by atoms with van der Waals surface area (Å²) in [5, 5.41) is 11.0. The van der Waals surface area contributed by atoms with Crippen LogP contribution in [0.15, 0.2) is 36.8 Å². The van der Waals surface area contributed by atoms with Crippen LogP contribution in [0.1, 0.15) is 5.82 Å². The predicted molar refractivity (Wildman–Crippen MR) is 79.7 cm³/mol. The van der Waals surface area contributed by atoms with Crippen molar-refractivity contribution in [2.24, 2.45) is 7.05 Å². The number of hydrogen-bond donors (Lipinski definition) is 2. The molecule has 0 amide bonds. The molecule has 0 aliphatic carbocycles. The Morgan fingerprint density at radius 3 is 3.05 bits per heavy atom. The first-order valence-corrected chi connectivity index (χ1v) is 6.61. The number of aryl methyl sites for hydroxylation is 1. The van der Waals surface area contributed by atoms with Gasteiger partial charge in [0.1, 0.15) is 18.0 Å². The normalized spacial score (nSPS) is 11.3. The molecule has 104 valence electrons. The van der Waals surface area contributed by atoms with Crippen LogP contribution in [0, 0.1) is 0 Å². The van der Waals surface area contributed by atoms with Crippen LogP contribution >= 0.6 is 0 Å². The number of nitrogens with zero attached hydrogens (tertiary/aromatic N) is 5. The Labute approximate surface area is 120 Å². The van der Waals surface area contributed by atoms with Gasteiger partial charge in [0.05, 0.1) is 29.2 Å². The van der Waals surface area contributed by atoms with Gasteiger partial charge in [-0.2, -0.15) is 5.10 Å². The van der Waals surface area contributed by atoms with E-state index in [1.165, 1.54) is 6.33 Å². The van der Waals surface area contributed by atoms with Gasteiger partial charge in [-0.15, -0.1) is 0 Å². The molecule has 21 heavy (non-hydrogen) atoms. The third-order valence-corrected chi connectivity index (χ3v) is 3.54. The maximum Gasteiger partial charge on any atom is 0.160 e. The van der Waals surface area contributed by atoms with Crippen molar-refractivity contribution in [1.82, 2.24) is 29.7 Å². The summed E-state index contributed by atoms with van der Waals surface area (Å²) >= 11 is 0. The van der Waals surface area contributed by atoms with E-state index in [2.05, 4.69) is 41.1 Å². The van der Waals surface area contributed by atoms with Gasteiger partial charge in [0, 0.05) is 7.05 Å². The first kappa shape index (κ1) is 11.8. The lowest BCUT2D eigenvalue weighted by Gasteiger charge is -2.06. The highest BCUT2D eigenvalue weighted by Gasteiger charge is 2.09. The summed E-state index contributed by atoms with van der Waals surface area (Å²) in [5.74, 6) is 1.70. The highest BCUT2D eigenvalue weighted by Crippen LogP contribution is 2.18. The number of H-pyrrole nitrogens is 1. The van der Waals surface area contributed by atoms with Crippen LogP contribution in [0.2, 0.25) is 0 Å². The summed E-state index contributed by atoms with van der Waals surface area (Å²) < 4.78 is 2.08. The minimum atomic E-state index is 0.586. The fourth-order valence-corrected chi connectivity index (χ4v) is 2.42. The minimum absolute atomic E-state index is 0.586. The topological polar surface area (TPSA) is 84.3 Å². The van der Waals surface area contributed by atoms with Crippen LogP contribution in [0.4, 0.5) is 5.82 Å². The minimum Gasteiger partial charge on any atom is -0.362 e. The fraction of sp³-hybridized carbons (Fsp3) is 0.143. The lowest BCUT2D eigenvalue weighted by Crippen LogP contribution is -2.07. The summed E-state index contributed by atoms with van der Waals surface area (Å²) in [6, 6.07) is 8.08. The summed E-state index contributed by atoms with van der Waals surface area (Å²) in [7, 11) is 2.01. The molecule has 3 aromatic heterocycles. The first-order chi connectivity index (χ1) is 10.3. The van der Waals surface area contributed by atoms with Gasteiger partial charge in [-0.3, -0.25) is 5.10 Å². The number of rotatable bonds is 3. The molecule has 0 aliphatic heterocycles. The number of aromatic amines is 1. The van der Waals surface area contributed by atoms with E-state index >= 15 is 0 Å². The third-order valence-electron chi connectivity index (χ3n) is 3.54. The van der Waals surface area contributed by atoms with Gasteiger partial charge >= 0.3 is 0 Å². The summed E-state index contributed by atoms with van der Waals surface area (Å²) in [6.45, 7) is 0.586. The second kappa shape index (κ2) is 4.55. The van der Waals surface area contributed by atoms with Crippen LogP contribution in [-0.4, -0.2) is 29.7 Å². The van der Waals surface area contributed by atoms with E-state index in [1.54, 1.807) is 6.20 Å². The van der Waals surface area contributed by atoms with Crippen LogP contribution in [-0.2, 0) is 13.6 Å². The van der Waals surface area contributed by atoms with E-state index in [1.807, 2.05) is 25.2 Å². The Balaban J connectivity index is 1.66. The average Bonchev–Trinajstić information content (AvgIpc) is 3.11. The van der Waals surface area contributed by atoms with E-state index in [0.29, 0.717) is 6.54 Å². The number of hydrogen-bond acceptors (Lipinski definition) is 5. The average molecular weight is 279 g/mol. The SMILES string of the molecule is Cn1c(CNc2ncnc3[nH]ncc23)nc2ccccc21. The van der Waals surface area contributed by atoms with Gasteiger partial charge in [-0.1, -0.05) is 12.1 Å². The lowest BCUT2D eigenvalue weighted by molar-refractivity contribution is 0.832. The zero-order valence-corrected chi connectivity index (χ0v) is 11.4. The van der Waals surface area contributed by atoms with Crippen LogP contribution in [0.5, 0.6) is 0 Å². The molecule has 4 rings (SSSR count). The molecule has 0 spiro atoms. The van der Waals surface area contributed by atoms with Gasteiger partial charge in [0.25, 0.3) is 0 Å². The van der Waals surface area contributed by atoms with Crippen molar-refractivity contribution in [3.8, 4) is 0 Å². The molecular formula is C14H13N7. The number of imidazole rings is 1. The standard InChI is InChI=1S/C14H13N7/c1-21-11-5-3-2-4-10(11)19-12(21)7-15-13-9-6-18-20-14(9)17-8-16-13/h2-6,8H,7H2,1H3,(H2,15,16,17,18,20). The van der Waals surface area contributed by atoms with Crippen molar-refractivity contribution in [3.05, 3.63) is 42.6 Å². The molecule has 4 aromatic rings. The van der Waals surface area contributed by atoms with Crippen molar-refractivity contribution < 1.29 is 0 Å². The van der Waals surface area contributed by atoms with E-state index < -0.39 is 0 Å². The quantitative estimate of drug-likeness (QED) is 0.598. The Morgan fingerprint density at radius 1 is 1.24 bits per heavy atom. The van der Waals surface area contributed by atoms with Gasteiger partial charge in [-0.05, 0) is 12.1 Å². The zero-order chi connectivity index (χ0) is 14.2. The molecule has 7 heteroatoms. The molecule has 7 nitrogen and oxygen atoms in total. The summed E-state index contributed by atoms with van der Waals surface area (Å²) in [5.41, 5.74) is 2.83. The molecule has 0 fully saturated rings. The van der Waals surface area contributed by atoms with Crippen molar-refractivity contribution in [2.75, 3.05) is 5.32 Å².